The Balaban J connectivity index is 1.57. The summed E-state index contributed by atoms with van der Waals surface area (Å²) in [6.45, 7) is 1.43. The number of hydrogen-bond donors (Lipinski definition) is 3. The van der Waals surface area contributed by atoms with Crippen LogP contribution in [-0.2, 0) is 6.54 Å². The van der Waals surface area contributed by atoms with Gasteiger partial charge in [-0.25, -0.2) is 9.97 Å². The normalized spacial score (nSPS) is 17.2. The standard InChI is InChI=1S/C22H19N7O2/c23-12-14-4-1-2-5-15(14)13-28-11-10-25-21(30)16-7-8-18(26-20(16)28)29-17-6-3-9-24-19(17)27-22(29)31/h1-9,22,31H,10-11,13H2,(H,24,27)(H,25,30). The first-order valence-corrected chi connectivity index (χ1v) is 9.87. The molecule has 0 radical (unpaired) electrons. The van der Waals surface area contributed by atoms with Crippen molar-refractivity contribution < 1.29 is 9.90 Å². The number of nitrogens with one attached hydrogen (secondary N) is 2. The molecule has 1 unspecified atom stereocenters. The van der Waals surface area contributed by atoms with Gasteiger partial charge in [-0.15, -0.1) is 0 Å². The van der Waals surface area contributed by atoms with E-state index >= 15 is 0 Å². The van der Waals surface area contributed by atoms with E-state index in [-0.39, 0.29) is 5.91 Å². The van der Waals surface area contributed by atoms with Crippen LogP contribution < -0.4 is 20.4 Å². The van der Waals surface area contributed by atoms with Crippen LogP contribution in [0.25, 0.3) is 0 Å². The molecule has 4 heterocycles. The van der Waals surface area contributed by atoms with Crippen LogP contribution in [0.2, 0.25) is 0 Å². The molecule has 154 valence electrons. The number of fused-ring (bicyclic) bond motifs is 2. The van der Waals surface area contributed by atoms with Gasteiger partial charge < -0.3 is 20.6 Å². The molecule has 1 aromatic carbocycles. The minimum absolute atomic E-state index is 0.202. The zero-order valence-corrected chi connectivity index (χ0v) is 16.5. The van der Waals surface area contributed by atoms with E-state index in [1.165, 1.54) is 0 Å². The van der Waals surface area contributed by atoms with Gasteiger partial charge in [-0.1, -0.05) is 18.2 Å². The van der Waals surface area contributed by atoms with Crippen LogP contribution in [0.4, 0.5) is 23.1 Å². The second-order valence-corrected chi connectivity index (χ2v) is 7.25. The Morgan fingerprint density at radius 3 is 2.94 bits per heavy atom. The predicted molar refractivity (Wildman–Crippen MR) is 115 cm³/mol. The minimum atomic E-state index is -1.03. The summed E-state index contributed by atoms with van der Waals surface area (Å²) in [5.41, 5.74) is 2.59. The highest BCUT2D eigenvalue weighted by atomic mass is 16.3. The maximum absolute atomic E-state index is 12.6. The lowest BCUT2D eigenvalue weighted by Crippen LogP contribution is -2.33. The van der Waals surface area contributed by atoms with E-state index in [1.807, 2.05) is 29.2 Å². The molecule has 5 rings (SSSR count). The van der Waals surface area contributed by atoms with Crippen molar-refractivity contribution in [1.82, 2.24) is 15.3 Å². The van der Waals surface area contributed by atoms with E-state index in [2.05, 4.69) is 21.7 Å². The summed E-state index contributed by atoms with van der Waals surface area (Å²) < 4.78 is 0. The molecule has 0 aliphatic carbocycles. The Bertz CT molecular complexity index is 1210. The van der Waals surface area contributed by atoms with E-state index in [0.29, 0.717) is 53.9 Å². The molecule has 0 fully saturated rings. The molecule has 2 aliphatic heterocycles. The molecule has 2 aliphatic rings. The van der Waals surface area contributed by atoms with Crippen LogP contribution in [0.15, 0.2) is 54.7 Å². The van der Waals surface area contributed by atoms with Crippen LogP contribution in [0.5, 0.6) is 0 Å². The van der Waals surface area contributed by atoms with E-state index in [4.69, 9.17) is 4.98 Å². The third-order valence-corrected chi connectivity index (χ3v) is 5.37. The molecular formula is C22H19N7O2. The molecule has 31 heavy (non-hydrogen) atoms. The number of aliphatic hydroxyl groups is 1. The zero-order chi connectivity index (χ0) is 21.4. The Kier molecular flexibility index (Phi) is 4.61. The van der Waals surface area contributed by atoms with Crippen molar-refractivity contribution in [3.8, 4) is 6.07 Å². The number of amides is 1. The molecule has 9 nitrogen and oxygen atoms in total. The van der Waals surface area contributed by atoms with Gasteiger partial charge in [0.25, 0.3) is 5.91 Å². The molecule has 1 amide bonds. The number of hydrogen-bond acceptors (Lipinski definition) is 8. The third kappa shape index (κ3) is 3.29. The maximum Gasteiger partial charge on any atom is 0.255 e. The quantitative estimate of drug-likeness (QED) is 0.596. The number of rotatable bonds is 3. The maximum atomic E-state index is 12.6. The van der Waals surface area contributed by atoms with Gasteiger partial charge in [0.05, 0.1) is 22.9 Å². The van der Waals surface area contributed by atoms with Crippen LogP contribution in [-0.4, -0.2) is 40.4 Å². The Morgan fingerprint density at radius 2 is 2.06 bits per heavy atom. The fourth-order valence-electron chi connectivity index (χ4n) is 3.89. The van der Waals surface area contributed by atoms with E-state index in [1.54, 1.807) is 35.4 Å². The number of aliphatic hydroxyl groups excluding tert-OH is 1. The van der Waals surface area contributed by atoms with Crippen molar-refractivity contribution in [2.24, 2.45) is 0 Å². The summed E-state index contributed by atoms with van der Waals surface area (Å²) in [6, 6.07) is 16.7. The second kappa shape index (κ2) is 7.59. The molecule has 0 spiro atoms. The predicted octanol–water partition coefficient (Wildman–Crippen LogP) is 1.94. The van der Waals surface area contributed by atoms with Crippen LogP contribution in [0.1, 0.15) is 21.5 Å². The number of carbonyl (C=O) groups is 1. The molecular weight excluding hydrogens is 394 g/mol. The fraction of sp³-hybridized carbons (Fsp3) is 0.182. The summed E-state index contributed by atoms with van der Waals surface area (Å²) in [5, 5.41) is 25.8. The van der Waals surface area contributed by atoms with Crippen molar-refractivity contribution in [2.75, 3.05) is 28.2 Å². The van der Waals surface area contributed by atoms with Gasteiger partial charge in [0, 0.05) is 25.8 Å². The smallest absolute Gasteiger partial charge is 0.255 e. The zero-order valence-electron chi connectivity index (χ0n) is 16.5. The number of aromatic nitrogens is 2. The highest BCUT2D eigenvalue weighted by Crippen LogP contribution is 2.38. The number of nitriles is 1. The van der Waals surface area contributed by atoms with Gasteiger partial charge in [-0.05, 0) is 35.9 Å². The summed E-state index contributed by atoms with van der Waals surface area (Å²) in [7, 11) is 0. The lowest BCUT2D eigenvalue weighted by atomic mass is 10.1. The highest BCUT2D eigenvalue weighted by molar-refractivity contribution is 6.00. The van der Waals surface area contributed by atoms with Gasteiger partial charge in [0.15, 0.2) is 5.82 Å². The third-order valence-electron chi connectivity index (χ3n) is 5.37. The Morgan fingerprint density at radius 1 is 1.19 bits per heavy atom. The summed E-state index contributed by atoms with van der Waals surface area (Å²) in [6.07, 6.45) is 0.619. The Hall–Kier alpha value is -4.16. The van der Waals surface area contributed by atoms with Gasteiger partial charge >= 0.3 is 0 Å². The summed E-state index contributed by atoms with van der Waals surface area (Å²) >= 11 is 0. The van der Waals surface area contributed by atoms with Crippen molar-refractivity contribution in [2.45, 2.75) is 12.9 Å². The topological polar surface area (TPSA) is 117 Å². The summed E-state index contributed by atoms with van der Waals surface area (Å²) in [5.74, 6) is 1.35. The summed E-state index contributed by atoms with van der Waals surface area (Å²) in [4.78, 5) is 25.2. The average molecular weight is 413 g/mol. The molecule has 3 N–H and O–H groups in total. The molecule has 9 heteroatoms. The molecule has 0 bridgehead atoms. The van der Waals surface area contributed by atoms with Gasteiger partial charge in [-0.3, -0.25) is 9.69 Å². The van der Waals surface area contributed by atoms with Crippen LogP contribution >= 0.6 is 0 Å². The number of benzene rings is 1. The van der Waals surface area contributed by atoms with Gasteiger partial charge in [0.2, 0.25) is 6.35 Å². The molecule has 0 saturated heterocycles. The fourth-order valence-corrected chi connectivity index (χ4v) is 3.89. The van der Waals surface area contributed by atoms with E-state index in [0.717, 1.165) is 5.56 Å². The van der Waals surface area contributed by atoms with Gasteiger partial charge in [-0.2, -0.15) is 5.26 Å². The van der Waals surface area contributed by atoms with Gasteiger partial charge in [0.1, 0.15) is 11.6 Å². The van der Waals surface area contributed by atoms with E-state index in [9.17, 15) is 15.2 Å². The number of carbonyl (C=O) groups excluding carboxylic acids is 1. The second-order valence-electron chi connectivity index (χ2n) is 7.25. The average Bonchev–Trinajstić information content (AvgIpc) is 3.05. The van der Waals surface area contributed by atoms with Crippen molar-refractivity contribution in [3.63, 3.8) is 0 Å². The lowest BCUT2D eigenvalue weighted by molar-refractivity contribution is 0.0958. The molecule has 0 saturated carbocycles. The largest absolute Gasteiger partial charge is 0.356 e. The lowest BCUT2D eigenvalue weighted by Gasteiger charge is -2.26. The SMILES string of the molecule is N#Cc1ccccc1CN1CCNC(=O)c2ccc(N3c4cccnc4NC3O)nc21. The highest BCUT2D eigenvalue weighted by Gasteiger charge is 2.32. The van der Waals surface area contributed by atoms with Crippen molar-refractivity contribution in [1.29, 1.82) is 5.26 Å². The van der Waals surface area contributed by atoms with Crippen molar-refractivity contribution >= 4 is 29.0 Å². The monoisotopic (exact) mass is 413 g/mol. The van der Waals surface area contributed by atoms with E-state index < -0.39 is 6.35 Å². The number of pyridine rings is 2. The van der Waals surface area contributed by atoms with Crippen LogP contribution in [0.3, 0.4) is 0 Å². The first kappa shape index (κ1) is 18.8. The first-order valence-electron chi connectivity index (χ1n) is 9.87. The molecule has 2 aromatic heterocycles. The molecule has 1 atom stereocenters. The van der Waals surface area contributed by atoms with Crippen LogP contribution in [0, 0.1) is 11.3 Å². The molecule has 3 aromatic rings. The first-order chi connectivity index (χ1) is 15.2. The Labute approximate surface area is 178 Å². The number of anilines is 4. The minimum Gasteiger partial charge on any atom is -0.356 e. The van der Waals surface area contributed by atoms with Crippen molar-refractivity contribution in [3.05, 3.63) is 71.4 Å². The number of nitrogens with zero attached hydrogens (tertiary/aromatic N) is 5.